The number of piperazine rings is 1. The van der Waals surface area contributed by atoms with Gasteiger partial charge in [0.2, 0.25) is 5.91 Å². The third kappa shape index (κ3) is 4.53. The van der Waals surface area contributed by atoms with Crippen LogP contribution >= 0.6 is 0 Å². The van der Waals surface area contributed by atoms with E-state index in [1.54, 1.807) is 7.11 Å². The summed E-state index contributed by atoms with van der Waals surface area (Å²) in [6.45, 7) is 4.96. The predicted octanol–water partition coefficient (Wildman–Crippen LogP) is 3.99. The minimum atomic E-state index is -0.0762. The molecule has 0 spiro atoms. The first kappa shape index (κ1) is 20.8. The summed E-state index contributed by atoms with van der Waals surface area (Å²) in [5.41, 5.74) is 2.80. The molecule has 160 valence electrons. The maximum Gasteiger partial charge on any atom is 0.230 e. The van der Waals surface area contributed by atoms with Gasteiger partial charge < -0.3 is 14.5 Å². The van der Waals surface area contributed by atoms with Crippen molar-refractivity contribution >= 4 is 11.7 Å². The van der Waals surface area contributed by atoms with Crippen molar-refractivity contribution in [1.29, 1.82) is 0 Å². The zero-order valence-electron chi connectivity index (χ0n) is 18.1. The summed E-state index contributed by atoms with van der Waals surface area (Å²) in [7, 11) is 1.66. The molecule has 0 N–H and O–H groups in total. The van der Waals surface area contributed by atoms with E-state index in [0.29, 0.717) is 13.1 Å². The molecular weight excluding hydrogens is 388 g/mol. The van der Waals surface area contributed by atoms with E-state index in [0.717, 1.165) is 47.9 Å². The van der Waals surface area contributed by atoms with Gasteiger partial charge in [-0.05, 0) is 36.2 Å². The number of aromatic nitrogens is 2. The van der Waals surface area contributed by atoms with Crippen LogP contribution < -0.4 is 9.64 Å². The zero-order valence-corrected chi connectivity index (χ0v) is 18.1. The van der Waals surface area contributed by atoms with Crippen LogP contribution in [0.1, 0.15) is 24.8 Å². The second-order valence-electron chi connectivity index (χ2n) is 7.66. The Labute approximate surface area is 183 Å². The van der Waals surface area contributed by atoms with E-state index in [1.165, 1.54) is 0 Å². The molecule has 6 nitrogen and oxygen atoms in total. The molecule has 0 radical (unpaired) electrons. The molecule has 2 heterocycles. The number of nitrogens with zero attached hydrogens (tertiary/aromatic N) is 4. The number of hydrogen-bond donors (Lipinski definition) is 0. The van der Waals surface area contributed by atoms with Crippen LogP contribution in [0.4, 0.5) is 5.82 Å². The van der Waals surface area contributed by atoms with Crippen molar-refractivity contribution in [1.82, 2.24) is 15.1 Å². The number of anilines is 1. The lowest BCUT2D eigenvalue weighted by molar-refractivity contribution is -0.133. The van der Waals surface area contributed by atoms with Gasteiger partial charge in [-0.15, -0.1) is 10.2 Å². The molecule has 1 unspecified atom stereocenters. The maximum atomic E-state index is 13.1. The van der Waals surface area contributed by atoms with Crippen molar-refractivity contribution in [2.45, 2.75) is 19.3 Å². The number of ether oxygens (including phenoxy) is 1. The van der Waals surface area contributed by atoms with Gasteiger partial charge in [0.15, 0.2) is 5.82 Å². The molecule has 1 saturated heterocycles. The number of carbonyl (C=O) groups is 1. The number of para-hydroxylation sites is 1. The highest BCUT2D eigenvalue weighted by Gasteiger charge is 2.28. The van der Waals surface area contributed by atoms with Crippen LogP contribution in [0.5, 0.6) is 5.75 Å². The fraction of sp³-hybridized carbons (Fsp3) is 0.320. The quantitative estimate of drug-likeness (QED) is 0.608. The Balaban J connectivity index is 1.40. The number of amides is 1. The average Bonchev–Trinajstić information content (AvgIpc) is 2.85. The molecule has 2 aromatic carbocycles. The SMILES string of the molecule is CCC(C(=O)N1CCN(c2ccc(-c3ccccc3OC)nn2)CC1)c1ccccc1. The molecule has 6 heteroatoms. The number of carbonyl (C=O) groups excluding carboxylic acids is 1. The molecule has 1 aliphatic heterocycles. The molecule has 0 saturated carbocycles. The van der Waals surface area contributed by atoms with Crippen molar-refractivity contribution in [2.75, 3.05) is 38.2 Å². The van der Waals surface area contributed by atoms with Gasteiger partial charge in [0.25, 0.3) is 0 Å². The molecule has 31 heavy (non-hydrogen) atoms. The van der Waals surface area contributed by atoms with Crippen molar-refractivity contribution in [3.8, 4) is 17.0 Å². The first-order chi connectivity index (χ1) is 15.2. The Hall–Kier alpha value is -3.41. The molecule has 3 aromatic rings. The molecular formula is C25H28N4O2. The van der Waals surface area contributed by atoms with Crippen molar-refractivity contribution < 1.29 is 9.53 Å². The summed E-state index contributed by atoms with van der Waals surface area (Å²) >= 11 is 0. The van der Waals surface area contributed by atoms with Gasteiger partial charge in [0, 0.05) is 31.7 Å². The molecule has 0 bridgehead atoms. The molecule has 4 rings (SSSR count). The highest BCUT2D eigenvalue weighted by atomic mass is 16.5. The minimum Gasteiger partial charge on any atom is -0.496 e. The monoisotopic (exact) mass is 416 g/mol. The molecule has 1 amide bonds. The minimum absolute atomic E-state index is 0.0762. The maximum absolute atomic E-state index is 13.1. The number of rotatable bonds is 6. The molecule has 1 aliphatic rings. The summed E-state index contributed by atoms with van der Waals surface area (Å²) in [5, 5.41) is 8.86. The Morgan fingerprint density at radius 1 is 0.935 bits per heavy atom. The van der Waals surface area contributed by atoms with Crippen LogP contribution in [-0.2, 0) is 4.79 Å². The van der Waals surface area contributed by atoms with Crippen LogP contribution in [0.25, 0.3) is 11.3 Å². The van der Waals surface area contributed by atoms with Gasteiger partial charge >= 0.3 is 0 Å². The summed E-state index contributed by atoms with van der Waals surface area (Å²) < 4.78 is 5.43. The van der Waals surface area contributed by atoms with Crippen molar-refractivity contribution in [3.63, 3.8) is 0 Å². The van der Waals surface area contributed by atoms with Crippen LogP contribution in [0.15, 0.2) is 66.7 Å². The normalized spacial score (nSPS) is 14.9. The van der Waals surface area contributed by atoms with E-state index in [9.17, 15) is 4.79 Å². The Kier molecular flexibility index (Phi) is 6.46. The smallest absolute Gasteiger partial charge is 0.230 e. The first-order valence-corrected chi connectivity index (χ1v) is 10.8. The van der Waals surface area contributed by atoms with Crippen molar-refractivity contribution in [3.05, 3.63) is 72.3 Å². The molecule has 0 aliphatic carbocycles. The predicted molar refractivity (Wildman–Crippen MR) is 122 cm³/mol. The van der Waals surface area contributed by atoms with Crippen molar-refractivity contribution in [2.24, 2.45) is 0 Å². The molecule has 1 atom stereocenters. The van der Waals surface area contributed by atoms with E-state index in [2.05, 4.69) is 22.0 Å². The number of benzene rings is 2. The lowest BCUT2D eigenvalue weighted by atomic mass is 9.95. The molecule has 1 fully saturated rings. The van der Waals surface area contributed by atoms with Crippen LogP contribution in [0.2, 0.25) is 0 Å². The second kappa shape index (κ2) is 9.60. The van der Waals surface area contributed by atoms with Crippen LogP contribution in [0, 0.1) is 0 Å². The topological polar surface area (TPSA) is 58.6 Å². The fourth-order valence-corrected chi connectivity index (χ4v) is 4.11. The summed E-state index contributed by atoms with van der Waals surface area (Å²) in [4.78, 5) is 17.3. The van der Waals surface area contributed by atoms with E-state index in [4.69, 9.17) is 4.74 Å². The Morgan fingerprint density at radius 3 is 2.29 bits per heavy atom. The second-order valence-corrected chi connectivity index (χ2v) is 7.66. The van der Waals surface area contributed by atoms with Crippen LogP contribution in [0.3, 0.4) is 0 Å². The van der Waals surface area contributed by atoms with Gasteiger partial charge in [-0.1, -0.05) is 49.4 Å². The number of hydrogen-bond acceptors (Lipinski definition) is 5. The number of methoxy groups -OCH3 is 1. The molecule has 1 aromatic heterocycles. The van der Waals surface area contributed by atoms with E-state index in [-0.39, 0.29) is 11.8 Å². The summed E-state index contributed by atoms with van der Waals surface area (Å²) in [5.74, 6) is 1.75. The average molecular weight is 417 g/mol. The van der Waals surface area contributed by atoms with Gasteiger partial charge in [-0.25, -0.2) is 0 Å². The lowest BCUT2D eigenvalue weighted by Gasteiger charge is -2.36. The van der Waals surface area contributed by atoms with Gasteiger partial charge in [-0.3, -0.25) is 4.79 Å². The van der Waals surface area contributed by atoms with E-state index < -0.39 is 0 Å². The highest BCUT2D eigenvalue weighted by molar-refractivity contribution is 5.84. The van der Waals surface area contributed by atoms with Gasteiger partial charge in [0.1, 0.15) is 5.75 Å². The largest absolute Gasteiger partial charge is 0.496 e. The summed E-state index contributed by atoms with van der Waals surface area (Å²) in [6.07, 6.45) is 0.805. The fourth-order valence-electron chi connectivity index (χ4n) is 4.11. The first-order valence-electron chi connectivity index (χ1n) is 10.8. The highest BCUT2D eigenvalue weighted by Crippen LogP contribution is 2.28. The summed E-state index contributed by atoms with van der Waals surface area (Å²) in [6, 6.07) is 21.8. The zero-order chi connectivity index (χ0) is 21.6. The van der Waals surface area contributed by atoms with E-state index in [1.807, 2.05) is 71.6 Å². The van der Waals surface area contributed by atoms with Gasteiger partial charge in [-0.2, -0.15) is 0 Å². The van der Waals surface area contributed by atoms with E-state index >= 15 is 0 Å². The lowest BCUT2D eigenvalue weighted by Crippen LogP contribution is -2.50. The standard InChI is InChI=1S/C25H28N4O2/c1-3-20(19-9-5-4-6-10-19)25(30)29-17-15-28(16-18-29)24-14-13-22(26-27-24)21-11-7-8-12-23(21)31-2/h4-14,20H,3,15-18H2,1-2H3. The van der Waals surface area contributed by atoms with Crippen LogP contribution in [-0.4, -0.2) is 54.3 Å². The Morgan fingerprint density at radius 2 is 1.65 bits per heavy atom. The van der Waals surface area contributed by atoms with Gasteiger partial charge in [0.05, 0.1) is 18.7 Å². The third-order valence-corrected chi connectivity index (χ3v) is 5.86. The third-order valence-electron chi connectivity index (χ3n) is 5.86. The Bertz CT molecular complexity index is 1000.